The minimum Gasteiger partial charge on any atom is -0.359 e. The van der Waals surface area contributed by atoms with Gasteiger partial charge < -0.3 is 9.42 Å². The summed E-state index contributed by atoms with van der Waals surface area (Å²) in [7, 11) is 0. The molecule has 1 aliphatic rings. The van der Waals surface area contributed by atoms with Crippen LogP contribution in [0.3, 0.4) is 0 Å². The SMILES string of the molecule is c1ccc2c(N3CCN(Cc4cc(-c5ccncc5)no4)CC3)nsc2c1. The van der Waals surface area contributed by atoms with Crippen molar-refractivity contribution in [3.63, 3.8) is 0 Å². The van der Waals surface area contributed by atoms with Crippen LogP contribution in [0.5, 0.6) is 0 Å². The van der Waals surface area contributed by atoms with Crippen LogP contribution in [0.25, 0.3) is 21.3 Å². The molecular formula is C20H19N5OS. The van der Waals surface area contributed by atoms with Crippen molar-refractivity contribution in [1.82, 2.24) is 19.4 Å². The Morgan fingerprint density at radius 2 is 1.81 bits per heavy atom. The van der Waals surface area contributed by atoms with Gasteiger partial charge in [-0.15, -0.1) is 0 Å². The highest BCUT2D eigenvalue weighted by atomic mass is 32.1. The molecule has 1 aromatic carbocycles. The fraction of sp³-hybridized carbons (Fsp3) is 0.250. The van der Waals surface area contributed by atoms with E-state index in [2.05, 4.69) is 48.6 Å². The standard InChI is InChI=1S/C20H19N5OS/c1-2-4-19-17(3-1)20(23-27-19)25-11-9-24(10-12-25)14-16-13-18(22-26-16)15-5-7-21-8-6-15/h1-8,13H,9-12,14H2. The predicted octanol–water partition coefficient (Wildman–Crippen LogP) is 3.67. The fourth-order valence-electron chi connectivity index (χ4n) is 3.49. The van der Waals surface area contributed by atoms with Gasteiger partial charge in [-0.1, -0.05) is 17.3 Å². The first-order valence-electron chi connectivity index (χ1n) is 9.04. The second-order valence-electron chi connectivity index (χ2n) is 6.68. The minimum absolute atomic E-state index is 0.781. The highest BCUT2D eigenvalue weighted by molar-refractivity contribution is 7.13. The van der Waals surface area contributed by atoms with Gasteiger partial charge in [0.2, 0.25) is 0 Å². The molecule has 7 heteroatoms. The molecule has 0 amide bonds. The van der Waals surface area contributed by atoms with Crippen molar-refractivity contribution in [1.29, 1.82) is 0 Å². The third-order valence-electron chi connectivity index (χ3n) is 4.94. The molecule has 0 saturated carbocycles. The van der Waals surface area contributed by atoms with Crippen LogP contribution >= 0.6 is 11.5 Å². The van der Waals surface area contributed by atoms with Gasteiger partial charge in [0.1, 0.15) is 11.5 Å². The van der Waals surface area contributed by atoms with Crippen molar-refractivity contribution in [2.24, 2.45) is 0 Å². The molecule has 0 atom stereocenters. The van der Waals surface area contributed by atoms with Gasteiger partial charge in [0.25, 0.3) is 0 Å². The molecule has 1 saturated heterocycles. The molecule has 0 radical (unpaired) electrons. The average molecular weight is 377 g/mol. The lowest BCUT2D eigenvalue weighted by Gasteiger charge is -2.34. The van der Waals surface area contributed by atoms with Crippen LogP contribution in [0.15, 0.2) is 59.4 Å². The summed E-state index contributed by atoms with van der Waals surface area (Å²) in [5, 5.41) is 5.45. The number of anilines is 1. The summed E-state index contributed by atoms with van der Waals surface area (Å²) in [6, 6.07) is 14.4. The smallest absolute Gasteiger partial charge is 0.151 e. The molecule has 3 aromatic heterocycles. The zero-order valence-corrected chi connectivity index (χ0v) is 15.6. The van der Waals surface area contributed by atoms with E-state index in [1.54, 1.807) is 23.9 Å². The van der Waals surface area contributed by atoms with Gasteiger partial charge in [0, 0.05) is 55.6 Å². The Bertz CT molecular complexity index is 1040. The largest absolute Gasteiger partial charge is 0.359 e. The third kappa shape index (κ3) is 3.31. The van der Waals surface area contributed by atoms with Crippen LogP contribution in [0, 0.1) is 0 Å². The second kappa shape index (κ2) is 7.09. The van der Waals surface area contributed by atoms with Crippen LogP contribution in [-0.4, -0.2) is 45.6 Å². The molecule has 6 nitrogen and oxygen atoms in total. The number of aromatic nitrogens is 3. The summed E-state index contributed by atoms with van der Waals surface area (Å²) < 4.78 is 11.5. The van der Waals surface area contributed by atoms with Gasteiger partial charge in [0.15, 0.2) is 5.76 Å². The minimum atomic E-state index is 0.781. The predicted molar refractivity (Wildman–Crippen MR) is 107 cm³/mol. The van der Waals surface area contributed by atoms with Crippen LogP contribution in [0.2, 0.25) is 0 Å². The maximum Gasteiger partial charge on any atom is 0.151 e. The van der Waals surface area contributed by atoms with Crippen molar-refractivity contribution >= 4 is 27.4 Å². The van der Waals surface area contributed by atoms with E-state index in [0.717, 1.165) is 55.6 Å². The molecule has 0 aliphatic carbocycles. The van der Waals surface area contributed by atoms with E-state index in [4.69, 9.17) is 4.52 Å². The van der Waals surface area contributed by atoms with Crippen molar-refractivity contribution in [3.05, 3.63) is 60.6 Å². The first-order chi connectivity index (χ1) is 13.4. The van der Waals surface area contributed by atoms with E-state index >= 15 is 0 Å². The van der Waals surface area contributed by atoms with Gasteiger partial charge in [-0.05, 0) is 35.8 Å². The van der Waals surface area contributed by atoms with Crippen molar-refractivity contribution in [3.8, 4) is 11.3 Å². The molecule has 0 bridgehead atoms. The molecule has 27 heavy (non-hydrogen) atoms. The number of benzene rings is 1. The van der Waals surface area contributed by atoms with E-state index in [1.165, 1.54) is 10.1 Å². The second-order valence-corrected chi connectivity index (χ2v) is 7.48. The monoisotopic (exact) mass is 377 g/mol. The zero-order chi connectivity index (χ0) is 18.1. The highest BCUT2D eigenvalue weighted by Crippen LogP contribution is 2.30. The molecule has 136 valence electrons. The summed E-state index contributed by atoms with van der Waals surface area (Å²) in [5.74, 6) is 2.02. The molecule has 1 aliphatic heterocycles. The summed E-state index contributed by atoms with van der Waals surface area (Å²) >= 11 is 1.58. The molecule has 0 spiro atoms. The number of hydrogen-bond acceptors (Lipinski definition) is 7. The Morgan fingerprint density at radius 3 is 2.67 bits per heavy atom. The summed E-state index contributed by atoms with van der Waals surface area (Å²) in [6.07, 6.45) is 3.54. The highest BCUT2D eigenvalue weighted by Gasteiger charge is 2.21. The Balaban J connectivity index is 1.23. The zero-order valence-electron chi connectivity index (χ0n) is 14.8. The number of rotatable bonds is 4. The summed E-state index contributed by atoms with van der Waals surface area (Å²) in [5.41, 5.74) is 1.89. The molecule has 0 N–H and O–H groups in total. The number of hydrogen-bond donors (Lipinski definition) is 0. The molecule has 4 aromatic rings. The van der Waals surface area contributed by atoms with Crippen molar-refractivity contribution in [2.45, 2.75) is 6.54 Å². The van der Waals surface area contributed by atoms with E-state index < -0.39 is 0 Å². The third-order valence-corrected chi connectivity index (χ3v) is 5.76. The van der Waals surface area contributed by atoms with Crippen LogP contribution in [0.4, 0.5) is 5.82 Å². The number of pyridine rings is 1. The number of piperazine rings is 1. The summed E-state index contributed by atoms with van der Waals surface area (Å²) in [6.45, 7) is 4.69. The number of fused-ring (bicyclic) bond motifs is 1. The Kier molecular flexibility index (Phi) is 4.31. The van der Waals surface area contributed by atoms with Crippen LogP contribution < -0.4 is 4.90 Å². The van der Waals surface area contributed by atoms with Crippen molar-refractivity contribution < 1.29 is 4.52 Å². The average Bonchev–Trinajstić information content (AvgIpc) is 3.37. The fourth-order valence-corrected chi connectivity index (χ4v) is 4.28. The van der Waals surface area contributed by atoms with Gasteiger partial charge in [0.05, 0.1) is 11.2 Å². The normalized spacial score (nSPS) is 15.5. The topological polar surface area (TPSA) is 58.3 Å². The lowest BCUT2D eigenvalue weighted by atomic mass is 10.2. The van der Waals surface area contributed by atoms with Crippen LogP contribution in [-0.2, 0) is 6.54 Å². The molecule has 1 fully saturated rings. The van der Waals surface area contributed by atoms with E-state index in [-0.39, 0.29) is 0 Å². The van der Waals surface area contributed by atoms with Gasteiger partial charge in [-0.3, -0.25) is 9.88 Å². The molecule has 4 heterocycles. The summed E-state index contributed by atoms with van der Waals surface area (Å²) in [4.78, 5) is 8.83. The van der Waals surface area contributed by atoms with Crippen molar-refractivity contribution in [2.75, 3.05) is 31.1 Å². The Morgan fingerprint density at radius 1 is 1.00 bits per heavy atom. The first kappa shape index (κ1) is 16.4. The van der Waals surface area contributed by atoms with Gasteiger partial charge >= 0.3 is 0 Å². The number of nitrogens with zero attached hydrogens (tertiary/aromatic N) is 5. The molecule has 5 rings (SSSR count). The lowest BCUT2D eigenvalue weighted by molar-refractivity contribution is 0.219. The Labute approximate surface area is 161 Å². The van der Waals surface area contributed by atoms with Gasteiger partial charge in [-0.2, -0.15) is 4.37 Å². The van der Waals surface area contributed by atoms with E-state index in [1.807, 2.05) is 18.2 Å². The lowest BCUT2D eigenvalue weighted by Crippen LogP contribution is -2.46. The van der Waals surface area contributed by atoms with E-state index in [0.29, 0.717) is 0 Å². The maximum atomic E-state index is 5.54. The van der Waals surface area contributed by atoms with Gasteiger partial charge in [-0.25, -0.2) is 0 Å². The maximum absolute atomic E-state index is 5.54. The molecule has 0 unspecified atom stereocenters. The van der Waals surface area contributed by atoms with Crippen LogP contribution in [0.1, 0.15) is 5.76 Å². The Hall–Kier alpha value is -2.77. The first-order valence-corrected chi connectivity index (χ1v) is 9.82. The van der Waals surface area contributed by atoms with E-state index in [9.17, 15) is 0 Å². The molecular weight excluding hydrogens is 358 g/mol. The quantitative estimate of drug-likeness (QED) is 0.541.